The first-order valence-electron chi connectivity index (χ1n) is 8.55. The molecule has 1 aromatic carbocycles. The molecule has 0 unspecified atom stereocenters. The third kappa shape index (κ3) is 6.33. The fourth-order valence-corrected chi connectivity index (χ4v) is 3.55. The predicted octanol–water partition coefficient (Wildman–Crippen LogP) is 0.498. The van der Waals surface area contributed by atoms with Crippen molar-refractivity contribution in [3.63, 3.8) is 0 Å². The predicted molar refractivity (Wildman–Crippen MR) is 109 cm³/mol. The Hall–Kier alpha value is -2.42. The van der Waals surface area contributed by atoms with Crippen molar-refractivity contribution in [2.24, 2.45) is 0 Å². The molecule has 0 radical (unpaired) electrons. The first-order valence-corrected chi connectivity index (χ1v) is 9.75. The Morgan fingerprint density at radius 3 is 2.82 bits per heavy atom. The Morgan fingerprint density at radius 1 is 1.36 bits per heavy atom. The fraction of sp³-hybridized carbons (Fsp3) is 0.316. The van der Waals surface area contributed by atoms with Crippen LogP contribution in [0.2, 0.25) is 5.02 Å². The van der Waals surface area contributed by atoms with Gasteiger partial charge in [0.15, 0.2) is 0 Å². The summed E-state index contributed by atoms with van der Waals surface area (Å²) in [5, 5.41) is 3.20. The lowest BCUT2D eigenvalue weighted by molar-refractivity contribution is -0.135. The molecule has 0 saturated carbocycles. The molecule has 1 amide bonds. The summed E-state index contributed by atoms with van der Waals surface area (Å²) in [6.07, 6.45) is 2.88. The van der Waals surface area contributed by atoms with Gasteiger partial charge in [-0.15, -0.1) is 11.3 Å². The fourth-order valence-electron chi connectivity index (χ4n) is 2.32. The van der Waals surface area contributed by atoms with Gasteiger partial charge in [-0.25, -0.2) is 4.79 Å². The van der Waals surface area contributed by atoms with Gasteiger partial charge in [0.1, 0.15) is 11.2 Å². The molecule has 0 spiro atoms. The quantitative estimate of drug-likeness (QED) is 0.492. The van der Waals surface area contributed by atoms with E-state index < -0.39 is 5.97 Å². The second kappa shape index (κ2) is 10.8. The molecule has 1 aromatic heterocycles. The van der Waals surface area contributed by atoms with Gasteiger partial charge < -0.3 is 14.8 Å². The van der Waals surface area contributed by atoms with Crippen molar-refractivity contribution in [1.82, 2.24) is 9.88 Å². The number of ether oxygens (including phenoxy) is 2. The second-order valence-electron chi connectivity index (χ2n) is 5.63. The van der Waals surface area contributed by atoms with Gasteiger partial charge in [-0.2, -0.15) is 0 Å². The van der Waals surface area contributed by atoms with E-state index in [2.05, 4.69) is 5.32 Å². The van der Waals surface area contributed by atoms with Crippen molar-refractivity contribution < 1.29 is 19.1 Å². The van der Waals surface area contributed by atoms with E-state index in [1.165, 1.54) is 17.8 Å². The number of nitrogens with zero attached hydrogens (tertiary/aromatic N) is 1. The lowest BCUT2D eigenvalue weighted by Gasteiger charge is -2.05. The first-order chi connectivity index (χ1) is 13.4. The highest BCUT2D eigenvalue weighted by molar-refractivity contribution is 7.07. The second-order valence-corrected chi connectivity index (χ2v) is 7.13. The number of rotatable bonds is 8. The molecular weight excluding hydrogens is 404 g/mol. The Bertz CT molecular complexity index is 1010. The first kappa shape index (κ1) is 21.9. The van der Waals surface area contributed by atoms with Crippen LogP contribution in [0.1, 0.15) is 12.5 Å². The monoisotopic (exact) mass is 424 g/mol. The molecule has 0 aliphatic carbocycles. The molecular formula is C19H21ClN2O5S. The third-order valence-electron chi connectivity index (χ3n) is 3.54. The molecule has 0 aliphatic rings. The Kier molecular flexibility index (Phi) is 8.43. The van der Waals surface area contributed by atoms with E-state index in [1.807, 2.05) is 6.07 Å². The average molecular weight is 425 g/mol. The smallest absolute Gasteiger partial charge is 0.333 e. The summed E-state index contributed by atoms with van der Waals surface area (Å²) in [6, 6.07) is 7.03. The topological polar surface area (TPSA) is 86.6 Å². The van der Waals surface area contributed by atoms with E-state index in [9.17, 15) is 14.4 Å². The Labute approximate surface area is 170 Å². The van der Waals surface area contributed by atoms with E-state index in [0.29, 0.717) is 27.4 Å². The number of methoxy groups -OCH3 is 1. The van der Waals surface area contributed by atoms with Crippen LogP contribution in [0.3, 0.4) is 0 Å². The van der Waals surface area contributed by atoms with E-state index in [-0.39, 0.29) is 24.6 Å². The maximum absolute atomic E-state index is 12.8. The van der Waals surface area contributed by atoms with E-state index in [4.69, 9.17) is 21.1 Å². The van der Waals surface area contributed by atoms with Crippen LogP contribution in [0, 0.1) is 0 Å². The van der Waals surface area contributed by atoms with Crippen LogP contribution in [0.4, 0.5) is 0 Å². The number of benzene rings is 1. The number of hydrogen-bond acceptors (Lipinski definition) is 6. The van der Waals surface area contributed by atoms with Crippen LogP contribution in [0.15, 0.2) is 29.1 Å². The molecule has 0 fully saturated rings. The number of nitrogens with one attached hydrogen (secondary N) is 1. The highest BCUT2D eigenvalue weighted by Gasteiger charge is 2.11. The zero-order chi connectivity index (χ0) is 20.5. The largest absolute Gasteiger partial charge is 0.463 e. The molecule has 0 bridgehead atoms. The van der Waals surface area contributed by atoms with Gasteiger partial charge in [-0.1, -0.05) is 23.7 Å². The van der Waals surface area contributed by atoms with Crippen LogP contribution in [0.25, 0.3) is 12.2 Å². The van der Waals surface area contributed by atoms with E-state index in [0.717, 1.165) is 16.9 Å². The van der Waals surface area contributed by atoms with Crippen molar-refractivity contribution in [3.05, 3.63) is 54.4 Å². The van der Waals surface area contributed by atoms with Crippen molar-refractivity contribution in [2.45, 2.75) is 13.5 Å². The van der Waals surface area contributed by atoms with Gasteiger partial charge in [-0.3, -0.25) is 14.2 Å². The number of thiazole rings is 1. The molecule has 2 aromatic rings. The lowest BCUT2D eigenvalue weighted by Crippen LogP contribution is -2.39. The van der Waals surface area contributed by atoms with Crippen molar-refractivity contribution >= 4 is 47.0 Å². The number of aromatic nitrogens is 1. The minimum absolute atomic E-state index is 0.212. The molecule has 7 nitrogen and oxygen atoms in total. The third-order valence-corrected chi connectivity index (χ3v) is 4.84. The molecule has 2 rings (SSSR count). The van der Waals surface area contributed by atoms with Crippen LogP contribution in [-0.2, 0) is 25.6 Å². The van der Waals surface area contributed by atoms with Crippen molar-refractivity contribution in [2.75, 3.05) is 26.9 Å². The number of hydrogen-bond donors (Lipinski definition) is 1. The summed E-state index contributed by atoms with van der Waals surface area (Å²) < 4.78 is 11.8. The van der Waals surface area contributed by atoms with Crippen LogP contribution in [-0.4, -0.2) is 43.3 Å². The lowest BCUT2D eigenvalue weighted by atomic mass is 10.2. The molecule has 0 aliphatic heterocycles. The van der Waals surface area contributed by atoms with Gasteiger partial charge >= 0.3 is 5.97 Å². The van der Waals surface area contributed by atoms with Crippen molar-refractivity contribution in [3.8, 4) is 0 Å². The average Bonchev–Trinajstić information content (AvgIpc) is 2.91. The molecule has 28 heavy (non-hydrogen) atoms. The summed E-state index contributed by atoms with van der Waals surface area (Å²) in [7, 11) is 1.53. The molecule has 0 saturated heterocycles. The van der Waals surface area contributed by atoms with E-state index in [1.54, 1.807) is 31.2 Å². The highest BCUT2D eigenvalue weighted by atomic mass is 35.5. The summed E-state index contributed by atoms with van der Waals surface area (Å²) >= 11 is 7.09. The minimum atomic E-state index is -0.577. The summed E-state index contributed by atoms with van der Waals surface area (Å²) in [4.78, 5) is 36.8. The normalized spacial score (nSPS) is 12.2. The minimum Gasteiger partial charge on any atom is -0.463 e. The molecule has 0 atom stereocenters. The standard InChI is InChI=1S/C19H21ClN2O5S/c1-3-27-18(24)11-17-22(12-16(23)21-7-8-26-2)19(25)15(28-17)10-13-5-4-6-14(20)9-13/h4-6,9-11H,3,7-8,12H2,1-2H3,(H,21,23)/b15-10-,17-11-. The Balaban J connectivity index is 2.46. The summed E-state index contributed by atoms with van der Waals surface area (Å²) in [6.45, 7) is 2.37. The maximum Gasteiger partial charge on any atom is 0.333 e. The summed E-state index contributed by atoms with van der Waals surface area (Å²) in [5.41, 5.74) is 0.368. The number of carbonyl (C=O) groups excluding carboxylic acids is 2. The van der Waals surface area contributed by atoms with Crippen LogP contribution in [0.5, 0.6) is 0 Å². The molecule has 150 valence electrons. The number of esters is 1. The van der Waals surface area contributed by atoms with Crippen molar-refractivity contribution in [1.29, 1.82) is 0 Å². The number of carbonyl (C=O) groups is 2. The zero-order valence-corrected chi connectivity index (χ0v) is 17.1. The maximum atomic E-state index is 12.8. The molecule has 1 heterocycles. The van der Waals surface area contributed by atoms with Gasteiger partial charge in [0, 0.05) is 18.7 Å². The van der Waals surface area contributed by atoms with E-state index >= 15 is 0 Å². The summed E-state index contributed by atoms with van der Waals surface area (Å²) in [5.74, 6) is -0.934. The molecule has 1 N–H and O–H groups in total. The number of halogens is 1. The van der Waals surface area contributed by atoms with Crippen LogP contribution >= 0.6 is 22.9 Å². The van der Waals surface area contributed by atoms with Gasteiger partial charge in [-0.05, 0) is 30.7 Å². The SMILES string of the molecule is CCOC(=O)/C=c1\s/c(=C\c2cccc(Cl)c2)c(=O)n1CC(=O)NCCOC. The Morgan fingerprint density at radius 2 is 2.14 bits per heavy atom. The van der Waals surface area contributed by atoms with Gasteiger partial charge in [0.05, 0.1) is 23.8 Å². The van der Waals surface area contributed by atoms with Gasteiger partial charge in [0.25, 0.3) is 5.56 Å². The van der Waals surface area contributed by atoms with Gasteiger partial charge in [0.2, 0.25) is 5.91 Å². The molecule has 9 heteroatoms. The van der Waals surface area contributed by atoms with Crippen LogP contribution < -0.4 is 20.1 Å². The zero-order valence-electron chi connectivity index (χ0n) is 15.6. The highest BCUT2D eigenvalue weighted by Crippen LogP contribution is 2.10. The number of amides is 1.